The molecule has 0 aliphatic carbocycles. The van der Waals surface area contributed by atoms with Crippen molar-refractivity contribution in [3.63, 3.8) is 0 Å². The van der Waals surface area contributed by atoms with Gasteiger partial charge in [-0.05, 0) is 33.1 Å². The van der Waals surface area contributed by atoms with Gasteiger partial charge in [0, 0.05) is 0 Å². The first-order valence-electron chi connectivity index (χ1n) is 4.21. The van der Waals surface area contributed by atoms with Crippen LogP contribution >= 0.6 is 0 Å². The number of hydrogen-bond acceptors (Lipinski definition) is 0. The van der Waals surface area contributed by atoms with E-state index in [2.05, 4.69) is 38.7 Å². The summed E-state index contributed by atoms with van der Waals surface area (Å²) in [6, 6.07) is 0. The van der Waals surface area contributed by atoms with Crippen LogP contribution in [0.25, 0.3) is 0 Å². The molecule has 0 saturated carbocycles. The standard InChI is InChI=1S/C11H18/c1-4-7-8-10-11(6-3)9-5-2/h4-7H,2,8-10H2,1,3H3. The van der Waals surface area contributed by atoms with Crippen molar-refractivity contribution >= 4 is 0 Å². The summed E-state index contributed by atoms with van der Waals surface area (Å²) < 4.78 is 0. The molecule has 0 aromatic carbocycles. The molecule has 0 radical (unpaired) electrons. The van der Waals surface area contributed by atoms with Gasteiger partial charge in [0.15, 0.2) is 0 Å². The predicted octanol–water partition coefficient (Wildman–Crippen LogP) is 3.87. The van der Waals surface area contributed by atoms with Crippen LogP contribution in [0.3, 0.4) is 0 Å². The zero-order valence-electron chi connectivity index (χ0n) is 7.64. The smallest absolute Gasteiger partial charge is 0.0142 e. The van der Waals surface area contributed by atoms with Crippen molar-refractivity contribution < 1.29 is 0 Å². The monoisotopic (exact) mass is 150 g/mol. The van der Waals surface area contributed by atoms with Crippen molar-refractivity contribution in [2.24, 2.45) is 0 Å². The molecule has 0 heterocycles. The molecule has 0 aliphatic heterocycles. The molecule has 0 saturated heterocycles. The van der Waals surface area contributed by atoms with Crippen LogP contribution in [-0.4, -0.2) is 0 Å². The Hall–Kier alpha value is -0.780. The quantitative estimate of drug-likeness (QED) is 0.522. The third-order valence-electron chi connectivity index (χ3n) is 1.68. The van der Waals surface area contributed by atoms with Crippen LogP contribution in [0.2, 0.25) is 0 Å². The molecule has 0 unspecified atom stereocenters. The van der Waals surface area contributed by atoms with Crippen LogP contribution in [0.1, 0.15) is 33.1 Å². The lowest BCUT2D eigenvalue weighted by Gasteiger charge is -1.99. The van der Waals surface area contributed by atoms with Crippen LogP contribution in [-0.2, 0) is 0 Å². The Labute approximate surface area is 70.3 Å². The molecular formula is C11H18. The Bertz CT molecular complexity index is 149. The zero-order valence-corrected chi connectivity index (χ0v) is 7.64. The molecule has 11 heavy (non-hydrogen) atoms. The summed E-state index contributed by atoms with van der Waals surface area (Å²) in [5.41, 5.74) is 1.48. The van der Waals surface area contributed by atoms with Gasteiger partial charge >= 0.3 is 0 Å². The van der Waals surface area contributed by atoms with Gasteiger partial charge in [-0.1, -0.05) is 29.9 Å². The maximum absolute atomic E-state index is 3.72. The van der Waals surface area contributed by atoms with Gasteiger partial charge in [-0.25, -0.2) is 0 Å². The minimum atomic E-state index is 1.04. The van der Waals surface area contributed by atoms with E-state index in [-0.39, 0.29) is 0 Å². The minimum absolute atomic E-state index is 1.04. The van der Waals surface area contributed by atoms with Gasteiger partial charge in [0.1, 0.15) is 0 Å². The third kappa shape index (κ3) is 5.65. The zero-order chi connectivity index (χ0) is 8.53. The predicted molar refractivity (Wildman–Crippen MR) is 52.6 cm³/mol. The van der Waals surface area contributed by atoms with Gasteiger partial charge in [-0.15, -0.1) is 6.58 Å². The SMILES string of the molecule is C=CCC(=CC)CCC=CC. The lowest BCUT2D eigenvalue weighted by atomic mass is 10.1. The van der Waals surface area contributed by atoms with Crippen LogP contribution in [0.5, 0.6) is 0 Å². The van der Waals surface area contributed by atoms with E-state index >= 15 is 0 Å². The summed E-state index contributed by atoms with van der Waals surface area (Å²) in [5, 5.41) is 0. The molecule has 0 spiro atoms. The average Bonchev–Trinajstić information content (AvgIpc) is 2.03. The van der Waals surface area contributed by atoms with E-state index in [0.717, 1.165) is 12.8 Å². The second-order valence-electron chi connectivity index (χ2n) is 2.55. The fraction of sp³-hybridized carbons (Fsp3) is 0.455. The molecule has 0 heteroatoms. The van der Waals surface area contributed by atoms with Crippen molar-refractivity contribution in [2.45, 2.75) is 33.1 Å². The topological polar surface area (TPSA) is 0 Å². The molecule has 0 aromatic heterocycles. The summed E-state index contributed by atoms with van der Waals surface area (Å²) in [5.74, 6) is 0. The van der Waals surface area contributed by atoms with Gasteiger partial charge in [0.25, 0.3) is 0 Å². The molecular weight excluding hydrogens is 132 g/mol. The van der Waals surface area contributed by atoms with E-state index < -0.39 is 0 Å². The molecule has 0 N–H and O–H groups in total. The maximum Gasteiger partial charge on any atom is -0.0142 e. The molecule has 0 bridgehead atoms. The van der Waals surface area contributed by atoms with Crippen molar-refractivity contribution in [1.82, 2.24) is 0 Å². The van der Waals surface area contributed by atoms with Crippen LogP contribution in [0.4, 0.5) is 0 Å². The molecule has 0 aromatic rings. The molecule has 0 rings (SSSR count). The average molecular weight is 150 g/mol. The van der Waals surface area contributed by atoms with E-state index in [4.69, 9.17) is 0 Å². The van der Waals surface area contributed by atoms with Crippen molar-refractivity contribution in [2.75, 3.05) is 0 Å². The Morgan fingerprint density at radius 2 is 2.09 bits per heavy atom. The highest BCUT2D eigenvalue weighted by Crippen LogP contribution is 2.10. The van der Waals surface area contributed by atoms with Gasteiger partial charge in [0.2, 0.25) is 0 Å². The van der Waals surface area contributed by atoms with Crippen molar-refractivity contribution in [3.8, 4) is 0 Å². The Morgan fingerprint density at radius 1 is 1.36 bits per heavy atom. The summed E-state index contributed by atoms with van der Waals surface area (Å²) >= 11 is 0. The number of hydrogen-bond donors (Lipinski definition) is 0. The fourth-order valence-electron chi connectivity index (χ4n) is 0.985. The van der Waals surface area contributed by atoms with Crippen LogP contribution in [0.15, 0.2) is 36.5 Å². The van der Waals surface area contributed by atoms with Crippen molar-refractivity contribution in [1.29, 1.82) is 0 Å². The number of allylic oxidation sites excluding steroid dienone is 5. The molecule has 0 fully saturated rings. The van der Waals surface area contributed by atoms with Crippen LogP contribution < -0.4 is 0 Å². The first-order chi connectivity index (χ1) is 5.35. The van der Waals surface area contributed by atoms with E-state index in [1.165, 1.54) is 12.0 Å². The summed E-state index contributed by atoms with van der Waals surface area (Å²) in [4.78, 5) is 0. The summed E-state index contributed by atoms with van der Waals surface area (Å²) in [6.45, 7) is 7.87. The van der Waals surface area contributed by atoms with Gasteiger partial charge < -0.3 is 0 Å². The van der Waals surface area contributed by atoms with Gasteiger partial charge in [0.05, 0.1) is 0 Å². The highest BCUT2D eigenvalue weighted by Gasteiger charge is 1.90. The van der Waals surface area contributed by atoms with Gasteiger partial charge in [-0.3, -0.25) is 0 Å². The van der Waals surface area contributed by atoms with Crippen molar-refractivity contribution in [3.05, 3.63) is 36.5 Å². The minimum Gasteiger partial charge on any atom is -0.103 e. The maximum atomic E-state index is 3.72. The molecule has 0 atom stereocenters. The molecule has 62 valence electrons. The number of rotatable bonds is 5. The summed E-state index contributed by atoms with van der Waals surface area (Å²) in [6.07, 6.45) is 11.8. The highest BCUT2D eigenvalue weighted by atomic mass is 14.0. The largest absolute Gasteiger partial charge is 0.103 e. The molecule has 0 nitrogen and oxygen atoms in total. The first-order valence-corrected chi connectivity index (χ1v) is 4.21. The molecule has 0 amide bonds. The Morgan fingerprint density at radius 3 is 2.55 bits per heavy atom. The van der Waals surface area contributed by atoms with E-state index in [1.54, 1.807) is 0 Å². The van der Waals surface area contributed by atoms with Gasteiger partial charge in [-0.2, -0.15) is 0 Å². The second kappa shape index (κ2) is 7.33. The van der Waals surface area contributed by atoms with E-state index in [0.29, 0.717) is 0 Å². The molecule has 0 aliphatic rings. The van der Waals surface area contributed by atoms with E-state index in [1.807, 2.05) is 6.08 Å². The normalized spacial score (nSPS) is 12.4. The first kappa shape index (κ1) is 10.2. The summed E-state index contributed by atoms with van der Waals surface area (Å²) in [7, 11) is 0. The lowest BCUT2D eigenvalue weighted by molar-refractivity contribution is 0.935. The second-order valence-corrected chi connectivity index (χ2v) is 2.55. The van der Waals surface area contributed by atoms with E-state index in [9.17, 15) is 0 Å². The Balaban J connectivity index is 3.61. The lowest BCUT2D eigenvalue weighted by Crippen LogP contribution is -1.79. The highest BCUT2D eigenvalue weighted by molar-refractivity contribution is 5.05. The third-order valence-corrected chi connectivity index (χ3v) is 1.68. The Kier molecular flexibility index (Phi) is 6.81. The fourth-order valence-corrected chi connectivity index (χ4v) is 0.985. The van der Waals surface area contributed by atoms with Crippen LogP contribution in [0, 0.1) is 0 Å².